The van der Waals surface area contributed by atoms with Gasteiger partial charge in [0.2, 0.25) is 10.0 Å². The van der Waals surface area contributed by atoms with Crippen molar-refractivity contribution in [3.05, 3.63) is 77.1 Å². The fraction of sp³-hybridized carbons (Fsp3) is 0.238. The Labute approximate surface area is 170 Å². The van der Waals surface area contributed by atoms with Gasteiger partial charge in [-0.05, 0) is 69.3 Å². The molecule has 0 aliphatic rings. The standard InChI is InChI=1S/C21H24N4O3S/c1-15-13-16(2)25(24-15)19-9-7-17(8-10-19)11-12-23-21(26)18-5-4-6-20(14-18)29(27,28)22-3/h4-10,13-14,22H,11-12H2,1-3H3,(H,23,26). The number of nitrogens with zero attached hydrogens (tertiary/aromatic N) is 2. The van der Waals surface area contributed by atoms with Crippen LogP contribution in [0.5, 0.6) is 0 Å². The molecular formula is C21H24N4O3S. The Bertz CT molecular complexity index is 1120. The molecule has 152 valence electrons. The number of hydrogen-bond donors (Lipinski definition) is 2. The molecule has 0 spiro atoms. The van der Waals surface area contributed by atoms with Gasteiger partial charge in [0.05, 0.1) is 16.3 Å². The first-order chi connectivity index (χ1) is 13.8. The summed E-state index contributed by atoms with van der Waals surface area (Å²) in [6.45, 7) is 4.42. The van der Waals surface area contributed by atoms with Gasteiger partial charge >= 0.3 is 0 Å². The van der Waals surface area contributed by atoms with Crippen LogP contribution in [0.25, 0.3) is 5.69 Å². The summed E-state index contributed by atoms with van der Waals surface area (Å²) in [5, 5.41) is 7.30. The quantitative estimate of drug-likeness (QED) is 0.623. The van der Waals surface area contributed by atoms with E-state index in [9.17, 15) is 13.2 Å². The molecule has 0 atom stereocenters. The fourth-order valence-electron chi connectivity index (χ4n) is 3.04. The van der Waals surface area contributed by atoms with Gasteiger partial charge in [-0.1, -0.05) is 18.2 Å². The zero-order valence-electron chi connectivity index (χ0n) is 16.6. The van der Waals surface area contributed by atoms with Gasteiger partial charge in [-0.3, -0.25) is 4.79 Å². The second-order valence-electron chi connectivity index (χ2n) is 6.75. The lowest BCUT2D eigenvalue weighted by atomic mass is 10.1. The van der Waals surface area contributed by atoms with Gasteiger partial charge in [0.15, 0.2) is 0 Å². The lowest BCUT2D eigenvalue weighted by molar-refractivity contribution is 0.0954. The molecule has 0 aliphatic heterocycles. The van der Waals surface area contributed by atoms with Crippen LogP contribution in [0, 0.1) is 13.8 Å². The lowest BCUT2D eigenvalue weighted by Crippen LogP contribution is -2.26. The summed E-state index contributed by atoms with van der Waals surface area (Å²) in [5.41, 5.74) is 4.43. The normalized spacial score (nSPS) is 11.4. The van der Waals surface area contributed by atoms with Gasteiger partial charge in [0.25, 0.3) is 5.91 Å². The predicted molar refractivity (Wildman–Crippen MR) is 112 cm³/mol. The summed E-state index contributed by atoms with van der Waals surface area (Å²) >= 11 is 0. The Morgan fingerprint density at radius 3 is 2.41 bits per heavy atom. The molecule has 29 heavy (non-hydrogen) atoms. The summed E-state index contributed by atoms with van der Waals surface area (Å²) in [6.07, 6.45) is 0.664. The smallest absolute Gasteiger partial charge is 0.251 e. The van der Waals surface area contributed by atoms with Gasteiger partial charge < -0.3 is 5.32 Å². The highest BCUT2D eigenvalue weighted by molar-refractivity contribution is 7.89. The molecule has 2 N–H and O–H groups in total. The molecule has 0 bridgehead atoms. The number of sulfonamides is 1. The maximum Gasteiger partial charge on any atom is 0.251 e. The van der Waals surface area contributed by atoms with Crippen molar-refractivity contribution < 1.29 is 13.2 Å². The molecule has 1 heterocycles. The number of carbonyl (C=O) groups is 1. The second-order valence-corrected chi connectivity index (χ2v) is 8.63. The van der Waals surface area contributed by atoms with Crippen molar-refractivity contribution >= 4 is 15.9 Å². The highest BCUT2D eigenvalue weighted by Gasteiger charge is 2.14. The van der Waals surface area contributed by atoms with Gasteiger partial charge in [0.1, 0.15) is 0 Å². The highest BCUT2D eigenvalue weighted by atomic mass is 32.2. The van der Waals surface area contributed by atoms with Gasteiger partial charge in [-0.15, -0.1) is 0 Å². The first-order valence-corrected chi connectivity index (χ1v) is 10.7. The van der Waals surface area contributed by atoms with Gasteiger partial charge in [-0.2, -0.15) is 5.10 Å². The third kappa shape index (κ3) is 4.90. The number of aryl methyl sites for hydroxylation is 2. The molecule has 0 aliphatic carbocycles. The van der Waals surface area contributed by atoms with Crippen molar-refractivity contribution in [1.82, 2.24) is 19.8 Å². The molecule has 3 aromatic rings. The molecule has 2 aromatic carbocycles. The first kappa shape index (κ1) is 20.8. The highest BCUT2D eigenvalue weighted by Crippen LogP contribution is 2.14. The van der Waals surface area contributed by atoms with Crippen LogP contribution in [0.3, 0.4) is 0 Å². The van der Waals surface area contributed by atoms with Crippen LogP contribution < -0.4 is 10.0 Å². The number of aromatic nitrogens is 2. The van der Waals surface area contributed by atoms with Crippen LogP contribution in [-0.4, -0.2) is 37.7 Å². The van der Waals surface area contributed by atoms with E-state index in [0.29, 0.717) is 18.5 Å². The molecule has 8 heteroatoms. The van der Waals surface area contributed by atoms with E-state index < -0.39 is 10.0 Å². The molecule has 0 fully saturated rings. The predicted octanol–water partition coefficient (Wildman–Crippen LogP) is 2.37. The molecule has 0 saturated carbocycles. The van der Waals surface area contributed by atoms with E-state index in [1.807, 2.05) is 48.9 Å². The van der Waals surface area contributed by atoms with E-state index in [0.717, 1.165) is 22.6 Å². The Hall–Kier alpha value is -2.97. The van der Waals surface area contributed by atoms with Crippen LogP contribution in [0.2, 0.25) is 0 Å². The summed E-state index contributed by atoms with van der Waals surface area (Å²) in [7, 11) is -2.25. The number of carbonyl (C=O) groups excluding carboxylic acids is 1. The number of nitrogens with one attached hydrogen (secondary N) is 2. The molecular weight excluding hydrogens is 388 g/mol. The molecule has 7 nitrogen and oxygen atoms in total. The number of hydrogen-bond acceptors (Lipinski definition) is 4. The van der Waals surface area contributed by atoms with E-state index >= 15 is 0 Å². The summed E-state index contributed by atoms with van der Waals surface area (Å²) in [4.78, 5) is 12.4. The average Bonchev–Trinajstić information content (AvgIpc) is 3.06. The average molecular weight is 413 g/mol. The SMILES string of the molecule is CNS(=O)(=O)c1cccc(C(=O)NCCc2ccc(-n3nc(C)cc3C)cc2)c1. The largest absolute Gasteiger partial charge is 0.352 e. The minimum Gasteiger partial charge on any atom is -0.352 e. The Morgan fingerprint density at radius 2 is 1.79 bits per heavy atom. The summed E-state index contributed by atoms with van der Waals surface area (Å²) in [5.74, 6) is -0.308. The van der Waals surface area contributed by atoms with Crippen molar-refractivity contribution in [3.63, 3.8) is 0 Å². The molecule has 0 saturated heterocycles. The van der Waals surface area contributed by atoms with E-state index in [1.165, 1.54) is 19.2 Å². The molecule has 0 unspecified atom stereocenters. The van der Waals surface area contributed by atoms with E-state index in [1.54, 1.807) is 12.1 Å². The maximum absolute atomic E-state index is 12.3. The summed E-state index contributed by atoms with van der Waals surface area (Å²) in [6, 6.07) is 16.0. The minimum atomic E-state index is -3.58. The second kappa shape index (κ2) is 8.59. The number of rotatable bonds is 7. The Kier molecular flexibility index (Phi) is 6.14. The van der Waals surface area contributed by atoms with Crippen LogP contribution in [0.4, 0.5) is 0 Å². The Morgan fingerprint density at radius 1 is 1.07 bits per heavy atom. The van der Waals surface area contributed by atoms with E-state index in [4.69, 9.17) is 0 Å². The first-order valence-electron chi connectivity index (χ1n) is 9.24. The zero-order valence-corrected chi connectivity index (χ0v) is 17.5. The lowest BCUT2D eigenvalue weighted by Gasteiger charge is -2.09. The molecule has 0 radical (unpaired) electrons. The summed E-state index contributed by atoms with van der Waals surface area (Å²) < 4.78 is 27.9. The van der Waals surface area contributed by atoms with Crippen molar-refractivity contribution in [2.45, 2.75) is 25.2 Å². The van der Waals surface area contributed by atoms with Crippen molar-refractivity contribution in [3.8, 4) is 5.69 Å². The Balaban J connectivity index is 1.59. The maximum atomic E-state index is 12.3. The topological polar surface area (TPSA) is 93.1 Å². The van der Waals surface area contributed by atoms with Crippen LogP contribution in [0.15, 0.2) is 59.5 Å². The van der Waals surface area contributed by atoms with E-state index in [2.05, 4.69) is 15.1 Å². The van der Waals surface area contributed by atoms with Crippen molar-refractivity contribution in [1.29, 1.82) is 0 Å². The van der Waals surface area contributed by atoms with E-state index in [-0.39, 0.29) is 10.8 Å². The van der Waals surface area contributed by atoms with Gasteiger partial charge in [0, 0.05) is 17.8 Å². The van der Waals surface area contributed by atoms with Crippen molar-refractivity contribution in [2.75, 3.05) is 13.6 Å². The molecule has 3 rings (SSSR count). The zero-order chi connectivity index (χ0) is 21.0. The fourth-order valence-corrected chi connectivity index (χ4v) is 3.81. The van der Waals surface area contributed by atoms with Crippen LogP contribution in [-0.2, 0) is 16.4 Å². The third-order valence-electron chi connectivity index (χ3n) is 4.56. The van der Waals surface area contributed by atoms with Crippen LogP contribution >= 0.6 is 0 Å². The van der Waals surface area contributed by atoms with Crippen LogP contribution in [0.1, 0.15) is 27.3 Å². The number of benzene rings is 2. The van der Waals surface area contributed by atoms with Gasteiger partial charge in [-0.25, -0.2) is 17.8 Å². The molecule has 1 amide bonds. The number of amides is 1. The van der Waals surface area contributed by atoms with Crippen molar-refractivity contribution in [2.24, 2.45) is 0 Å². The minimum absolute atomic E-state index is 0.0624. The molecule has 1 aromatic heterocycles. The third-order valence-corrected chi connectivity index (χ3v) is 5.98. The monoisotopic (exact) mass is 412 g/mol.